The topological polar surface area (TPSA) is 29.3 Å². The van der Waals surface area contributed by atoms with E-state index < -0.39 is 0 Å². The monoisotopic (exact) mass is 224 g/mol. The van der Waals surface area contributed by atoms with Crippen LogP contribution < -0.4 is 5.73 Å². The maximum atomic E-state index is 5.90. The molecule has 2 N–H and O–H groups in total. The molecule has 0 aromatic heterocycles. The third-order valence-electron chi connectivity index (χ3n) is 3.16. The average molecular weight is 225 g/mol. The van der Waals surface area contributed by atoms with Crippen molar-refractivity contribution >= 4 is 11.6 Å². The van der Waals surface area contributed by atoms with E-state index in [0.717, 1.165) is 24.5 Å². The van der Waals surface area contributed by atoms with Gasteiger partial charge in [0.1, 0.15) is 0 Å². The largest absolute Gasteiger partial charge is 0.326 e. The quantitative estimate of drug-likeness (QED) is 0.836. The highest BCUT2D eigenvalue weighted by atomic mass is 35.5. The van der Waals surface area contributed by atoms with Gasteiger partial charge in [0.05, 0.1) is 0 Å². The lowest BCUT2D eigenvalue weighted by atomic mass is 10.1. The molecule has 1 aromatic carbocycles. The third kappa shape index (κ3) is 2.51. The molecule has 0 bridgehead atoms. The zero-order valence-corrected chi connectivity index (χ0v) is 9.74. The molecule has 0 amide bonds. The minimum Gasteiger partial charge on any atom is -0.326 e. The fourth-order valence-corrected chi connectivity index (χ4v) is 2.25. The van der Waals surface area contributed by atoms with Gasteiger partial charge in [-0.25, -0.2) is 0 Å². The van der Waals surface area contributed by atoms with E-state index in [4.69, 9.17) is 17.3 Å². The van der Waals surface area contributed by atoms with Crippen LogP contribution in [-0.2, 0) is 0 Å². The molecule has 1 saturated heterocycles. The summed E-state index contributed by atoms with van der Waals surface area (Å²) in [5.74, 6) is 0. The van der Waals surface area contributed by atoms with E-state index >= 15 is 0 Å². The van der Waals surface area contributed by atoms with Crippen molar-refractivity contribution in [3.8, 4) is 0 Å². The number of hydrogen-bond acceptors (Lipinski definition) is 2. The minimum atomic E-state index is 0.347. The molecule has 2 atom stereocenters. The second-order valence-electron chi connectivity index (χ2n) is 4.27. The van der Waals surface area contributed by atoms with Crippen LogP contribution in [0.25, 0.3) is 0 Å². The van der Waals surface area contributed by atoms with E-state index in [0.29, 0.717) is 12.1 Å². The predicted octanol–water partition coefficient (Wildman–Crippen LogP) is 2.43. The number of benzene rings is 1. The molecule has 0 aliphatic carbocycles. The molecule has 1 heterocycles. The molecule has 0 radical (unpaired) electrons. The number of nitrogens with zero attached hydrogens (tertiary/aromatic N) is 1. The van der Waals surface area contributed by atoms with Gasteiger partial charge in [0.25, 0.3) is 0 Å². The minimum absolute atomic E-state index is 0.347. The molecular weight excluding hydrogens is 208 g/mol. The summed E-state index contributed by atoms with van der Waals surface area (Å²) in [4.78, 5) is 2.42. The number of likely N-dealkylation sites (tertiary alicyclic amines) is 1. The van der Waals surface area contributed by atoms with Crippen LogP contribution >= 0.6 is 11.6 Å². The fourth-order valence-electron chi connectivity index (χ4n) is 2.12. The molecule has 1 fully saturated rings. The molecule has 1 aliphatic rings. The highest BCUT2D eigenvalue weighted by Gasteiger charge is 2.24. The van der Waals surface area contributed by atoms with Crippen molar-refractivity contribution in [2.24, 2.45) is 5.73 Å². The van der Waals surface area contributed by atoms with Gasteiger partial charge in [0, 0.05) is 30.2 Å². The highest BCUT2D eigenvalue weighted by molar-refractivity contribution is 6.30. The third-order valence-corrected chi connectivity index (χ3v) is 3.41. The van der Waals surface area contributed by atoms with E-state index in [9.17, 15) is 0 Å². The fraction of sp³-hybridized carbons (Fsp3) is 0.500. The summed E-state index contributed by atoms with van der Waals surface area (Å²) in [7, 11) is 0. The maximum Gasteiger partial charge on any atom is 0.0406 e. The van der Waals surface area contributed by atoms with Crippen molar-refractivity contribution in [3.63, 3.8) is 0 Å². The van der Waals surface area contributed by atoms with Crippen molar-refractivity contribution in [1.82, 2.24) is 4.90 Å². The summed E-state index contributed by atoms with van der Waals surface area (Å²) in [6, 6.07) is 8.87. The Morgan fingerprint density at radius 2 is 2.07 bits per heavy atom. The van der Waals surface area contributed by atoms with E-state index in [1.807, 2.05) is 12.1 Å². The van der Waals surface area contributed by atoms with Crippen LogP contribution in [0.2, 0.25) is 5.02 Å². The van der Waals surface area contributed by atoms with Crippen LogP contribution in [0.5, 0.6) is 0 Å². The molecule has 1 aliphatic heterocycles. The standard InChI is InChI=1S/C12H17ClN2/c1-9(15-7-6-12(14)8-15)10-2-4-11(13)5-3-10/h2-5,9,12H,6-8,14H2,1H3/t9?,12-/m0/s1. The van der Waals surface area contributed by atoms with Gasteiger partial charge in [0.2, 0.25) is 0 Å². The molecule has 15 heavy (non-hydrogen) atoms. The Kier molecular flexibility index (Phi) is 3.29. The Morgan fingerprint density at radius 3 is 2.60 bits per heavy atom. The van der Waals surface area contributed by atoms with Gasteiger partial charge < -0.3 is 5.73 Å². The summed E-state index contributed by atoms with van der Waals surface area (Å²) in [6.07, 6.45) is 1.11. The highest BCUT2D eigenvalue weighted by Crippen LogP contribution is 2.24. The summed E-state index contributed by atoms with van der Waals surface area (Å²) in [5, 5.41) is 0.795. The smallest absolute Gasteiger partial charge is 0.0406 e. The second-order valence-corrected chi connectivity index (χ2v) is 4.71. The predicted molar refractivity (Wildman–Crippen MR) is 64.0 cm³/mol. The van der Waals surface area contributed by atoms with E-state index in [1.54, 1.807) is 0 Å². The Morgan fingerprint density at radius 1 is 1.40 bits per heavy atom. The van der Waals surface area contributed by atoms with Gasteiger partial charge in [-0.2, -0.15) is 0 Å². The van der Waals surface area contributed by atoms with Crippen LogP contribution in [0.15, 0.2) is 24.3 Å². The molecule has 3 heteroatoms. The molecule has 82 valence electrons. The van der Waals surface area contributed by atoms with Gasteiger partial charge >= 0.3 is 0 Å². The lowest BCUT2D eigenvalue weighted by molar-refractivity contribution is 0.260. The van der Waals surface area contributed by atoms with Gasteiger partial charge in [0.15, 0.2) is 0 Å². The van der Waals surface area contributed by atoms with Crippen molar-refractivity contribution in [1.29, 1.82) is 0 Å². The van der Waals surface area contributed by atoms with Gasteiger partial charge in [-0.15, -0.1) is 0 Å². The van der Waals surface area contributed by atoms with Crippen LogP contribution in [0.3, 0.4) is 0 Å². The number of rotatable bonds is 2. The van der Waals surface area contributed by atoms with Crippen molar-refractivity contribution in [3.05, 3.63) is 34.9 Å². The van der Waals surface area contributed by atoms with Crippen LogP contribution in [-0.4, -0.2) is 24.0 Å². The molecular formula is C12H17ClN2. The van der Waals surface area contributed by atoms with E-state index in [1.165, 1.54) is 5.56 Å². The molecule has 0 spiro atoms. The first-order chi connectivity index (χ1) is 7.16. The SMILES string of the molecule is CC(c1ccc(Cl)cc1)N1CC[C@H](N)C1. The first kappa shape index (κ1) is 10.9. The molecule has 0 saturated carbocycles. The molecule has 1 aromatic rings. The van der Waals surface area contributed by atoms with E-state index in [2.05, 4.69) is 24.0 Å². The summed E-state index contributed by atoms with van der Waals surface area (Å²) in [5.41, 5.74) is 7.22. The Bertz CT molecular complexity index is 323. The number of hydrogen-bond donors (Lipinski definition) is 1. The van der Waals surface area contributed by atoms with Crippen LogP contribution in [0, 0.1) is 0 Å². The second kappa shape index (κ2) is 4.52. The summed E-state index contributed by atoms with van der Waals surface area (Å²) >= 11 is 5.87. The lowest BCUT2D eigenvalue weighted by Gasteiger charge is -2.24. The number of nitrogens with two attached hydrogens (primary N) is 1. The average Bonchev–Trinajstić information content (AvgIpc) is 2.65. The van der Waals surface area contributed by atoms with Gasteiger partial charge in [-0.05, 0) is 31.0 Å². The molecule has 1 unspecified atom stereocenters. The van der Waals surface area contributed by atoms with Gasteiger partial charge in [-0.1, -0.05) is 23.7 Å². The van der Waals surface area contributed by atoms with Crippen molar-refractivity contribution in [2.75, 3.05) is 13.1 Å². The lowest BCUT2D eigenvalue weighted by Crippen LogP contribution is -2.28. The molecule has 2 nitrogen and oxygen atoms in total. The Hall–Kier alpha value is -0.570. The zero-order chi connectivity index (χ0) is 10.8. The molecule has 2 rings (SSSR count). The summed E-state index contributed by atoms with van der Waals surface area (Å²) in [6.45, 7) is 4.33. The van der Waals surface area contributed by atoms with E-state index in [-0.39, 0.29) is 0 Å². The Labute approximate surface area is 96.0 Å². The van der Waals surface area contributed by atoms with Gasteiger partial charge in [-0.3, -0.25) is 4.90 Å². The zero-order valence-electron chi connectivity index (χ0n) is 8.99. The summed E-state index contributed by atoms with van der Waals surface area (Å²) < 4.78 is 0. The first-order valence-electron chi connectivity index (χ1n) is 5.42. The van der Waals surface area contributed by atoms with Crippen LogP contribution in [0.1, 0.15) is 24.9 Å². The van der Waals surface area contributed by atoms with Crippen molar-refractivity contribution in [2.45, 2.75) is 25.4 Å². The first-order valence-corrected chi connectivity index (χ1v) is 5.79. The van der Waals surface area contributed by atoms with Crippen LogP contribution in [0.4, 0.5) is 0 Å². The van der Waals surface area contributed by atoms with Crippen molar-refractivity contribution < 1.29 is 0 Å². The normalized spacial score (nSPS) is 24.3. The number of halogens is 1. The Balaban J connectivity index is 2.07. The maximum absolute atomic E-state index is 5.90.